The molecule has 0 unspecified atom stereocenters. The first kappa shape index (κ1) is 10.6. The van der Waals surface area contributed by atoms with Crippen LogP contribution in [0.2, 0.25) is 0 Å². The minimum absolute atomic E-state index is 0.00319. The molecule has 0 saturated heterocycles. The van der Waals surface area contributed by atoms with E-state index in [4.69, 9.17) is 0 Å². The Morgan fingerprint density at radius 2 is 2.25 bits per heavy atom. The third kappa shape index (κ3) is 2.36. The molecule has 5 heteroatoms. The number of hydrogen-bond acceptors (Lipinski definition) is 3. The standard InChI is InChI=1S/C11H14N4O/c1-9(16)12-7-4-8-15-11-6-3-2-5-10(11)13-14-15/h2-3,5-6H,4,7-8H2,1H3,(H,12,16). The van der Waals surface area contributed by atoms with Crippen LogP contribution in [0.3, 0.4) is 0 Å². The fourth-order valence-electron chi connectivity index (χ4n) is 1.58. The van der Waals surface area contributed by atoms with E-state index in [0.717, 1.165) is 24.0 Å². The molecule has 1 amide bonds. The van der Waals surface area contributed by atoms with Gasteiger partial charge in [-0.05, 0) is 18.6 Å². The number of fused-ring (bicyclic) bond motifs is 1. The molecule has 0 aliphatic heterocycles. The van der Waals surface area contributed by atoms with Crippen molar-refractivity contribution in [1.82, 2.24) is 20.3 Å². The number of carbonyl (C=O) groups excluding carboxylic acids is 1. The van der Waals surface area contributed by atoms with Crippen molar-refractivity contribution in [1.29, 1.82) is 0 Å². The summed E-state index contributed by atoms with van der Waals surface area (Å²) < 4.78 is 1.86. The molecule has 16 heavy (non-hydrogen) atoms. The van der Waals surface area contributed by atoms with Crippen LogP contribution in [-0.4, -0.2) is 27.4 Å². The summed E-state index contributed by atoms with van der Waals surface area (Å²) in [6.45, 7) is 2.95. The zero-order chi connectivity index (χ0) is 11.4. The van der Waals surface area contributed by atoms with Gasteiger partial charge in [0.25, 0.3) is 0 Å². The van der Waals surface area contributed by atoms with Crippen molar-refractivity contribution in [2.24, 2.45) is 0 Å². The molecule has 2 rings (SSSR count). The first-order valence-corrected chi connectivity index (χ1v) is 5.30. The maximum atomic E-state index is 10.7. The van der Waals surface area contributed by atoms with E-state index in [0.29, 0.717) is 6.54 Å². The van der Waals surface area contributed by atoms with Crippen LogP contribution in [0.4, 0.5) is 0 Å². The van der Waals surface area contributed by atoms with E-state index >= 15 is 0 Å². The molecule has 1 N–H and O–H groups in total. The van der Waals surface area contributed by atoms with Gasteiger partial charge in [-0.3, -0.25) is 4.79 Å². The molecule has 0 aliphatic carbocycles. The predicted molar refractivity (Wildman–Crippen MR) is 60.8 cm³/mol. The van der Waals surface area contributed by atoms with Crippen LogP contribution in [0.25, 0.3) is 11.0 Å². The van der Waals surface area contributed by atoms with Crippen molar-refractivity contribution >= 4 is 16.9 Å². The van der Waals surface area contributed by atoms with E-state index in [1.807, 2.05) is 28.9 Å². The van der Waals surface area contributed by atoms with Gasteiger partial charge in [0, 0.05) is 20.0 Å². The van der Waals surface area contributed by atoms with Crippen LogP contribution in [0.15, 0.2) is 24.3 Å². The largest absolute Gasteiger partial charge is 0.356 e. The lowest BCUT2D eigenvalue weighted by Gasteiger charge is -2.02. The van der Waals surface area contributed by atoms with E-state index in [2.05, 4.69) is 15.6 Å². The van der Waals surface area contributed by atoms with Crippen LogP contribution >= 0.6 is 0 Å². The molecule has 0 saturated carbocycles. The van der Waals surface area contributed by atoms with E-state index in [1.165, 1.54) is 6.92 Å². The maximum Gasteiger partial charge on any atom is 0.216 e. The lowest BCUT2D eigenvalue weighted by molar-refractivity contribution is -0.118. The van der Waals surface area contributed by atoms with E-state index in [-0.39, 0.29) is 5.91 Å². The summed E-state index contributed by atoms with van der Waals surface area (Å²) in [6.07, 6.45) is 0.854. The Kier molecular flexibility index (Phi) is 3.14. The SMILES string of the molecule is CC(=O)NCCCn1nnc2ccccc21. The highest BCUT2D eigenvalue weighted by Gasteiger charge is 2.02. The van der Waals surface area contributed by atoms with Gasteiger partial charge in [-0.1, -0.05) is 17.3 Å². The lowest BCUT2D eigenvalue weighted by Crippen LogP contribution is -2.22. The third-order valence-electron chi connectivity index (χ3n) is 2.34. The van der Waals surface area contributed by atoms with Gasteiger partial charge in [-0.2, -0.15) is 0 Å². The Morgan fingerprint density at radius 3 is 3.06 bits per heavy atom. The Hall–Kier alpha value is -1.91. The molecule has 1 heterocycles. The Labute approximate surface area is 93.4 Å². The zero-order valence-corrected chi connectivity index (χ0v) is 9.18. The molecule has 0 fully saturated rings. The topological polar surface area (TPSA) is 59.8 Å². The zero-order valence-electron chi connectivity index (χ0n) is 9.18. The molecule has 0 radical (unpaired) electrons. The van der Waals surface area contributed by atoms with Crippen LogP contribution in [0.5, 0.6) is 0 Å². The Bertz CT molecular complexity index is 491. The van der Waals surface area contributed by atoms with Crippen molar-refractivity contribution in [3.63, 3.8) is 0 Å². The second-order valence-corrected chi connectivity index (χ2v) is 3.64. The number of amides is 1. The normalized spacial score (nSPS) is 10.6. The van der Waals surface area contributed by atoms with Gasteiger partial charge < -0.3 is 5.32 Å². The monoisotopic (exact) mass is 218 g/mol. The molecule has 2 aromatic rings. The number of para-hydroxylation sites is 1. The number of nitrogens with one attached hydrogen (secondary N) is 1. The summed E-state index contributed by atoms with van der Waals surface area (Å²) in [4.78, 5) is 10.7. The van der Waals surface area contributed by atoms with Crippen molar-refractivity contribution in [3.8, 4) is 0 Å². The van der Waals surface area contributed by atoms with Crippen molar-refractivity contribution in [2.45, 2.75) is 19.9 Å². The summed E-state index contributed by atoms with van der Waals surface area (Å²) in [5, 5.41) is 10.9. The summed E-state index contributed by atoms with van der Waals surface area (Å²) >= 11 is 0. The Morgan fingerprint density at radius 1 is 1.44 bits per heavy atom. The first-order valence-electron chi connectivity index (χ1n) is 5.30. The number of aryl methyl sites for hydroxylation is 1. The first-order chi connectivity index (χ1) is 7.77. The molecule has 1 aromatic heterocycles. The molecule has 0 bridgehead atoms. The fourth-order valence-corrected chi connectivity index (χ4v) is 1.58. The summed E-state index contributed by atoms with van der Waals surface area (Å²) in [7, 11) is 0. The maximum absolute atomic E-state index is 10.7. The van der Waals surface area contributed by atoms with Gasteiger partial charge in [0.2, 0.25) is 5.91 Å². The number of benzene rings is 1. The van der Waals surface area contributed by atoms with E-state index in [1.54, 1.807) is 0 Å². The summed E-state index contributed by atoms with van der Waals surface area (Å²) in [5.74, 6) is 0.00319. The van der Waals surface area contributed by atoms with Gasteiger partial charge in [0.05, 0.1) is 5.52 Å². The van der Waals surface area contributed by atoms with Gasteiger partial charge >= 0.3 is 0 Å². The number of rotatable bonds is 4. The second-order valence-electron chi connectivity index (χ2n) is 3.64. The predicted octanol–water partition coefficient (Wildman–Crippen LogP) is 0.957. The number of nitrogens with zero attached hydrogens (tertiary/aromatic N) is 3. The molecule has 0 atom stereocenters. The minimum Gasteiger partial charge on any atom is -0.356 e. The quantitative estimate of drug-likeness (QED) is 0.777. The van der Waals surface area contributed by atoms with Gasteiger partial charge in [-0.25, -0.2) is 4.68 Å². The number of carbonyl (C=O) groups is 1. The van der Waals surface area contributed by atoms with E-state index in [9.17, 15) is 4.79 Å². The molecule has 5 nitrogen and oxygen atoms in total. The van der Waals surface area contributed by atoms with Crippen molar-refractivity contribution in [3.05, 3.63) is 24.3 Å². The smallest absolute Gasteiger partial charge is 0.216 e. The highest BCUT2D eigenvalue weighted by Crippen LogP contribution is 2.09. The highest BCUT2D eigenvalue weighted by atomic mass is 16.1. The number of aromatic nitrogens is 3. The summed E-state index contributed by atoms with van der Waals surface area (Å²) in [5.41, 5.74) is 1.94. The van der Waals surface area contributed by atoms with E-state index < -0.39 is 0 Å². The fraction of sp³-hybridized carbons (Fsp3) is 0.364. The van der Waals surface area contributed by atoms with Crippen LogP contribution in [0.1, 0.15) is 13.3 Å². The Balaban J connectivity index is 1.97. The molecular formula is C11H14N4O. The molecule has 0 spiro atoms. The average molecular weight is 218 g/mol. The minimum atomic E-state index is 0.00319. The average Bonchev–Trinajstić information content (AvgIpc) is 2.68. The van der Waals surface area contributed by atoms with Crippen molar-refractivity contribution < 1.29 is 4.79 Å². The van der Waals surface area contributed by atoms with Crippen LogP contribution in [0, 0.1) is 0 Å². The molecular weight excluding hydrogens is 204 g/mol. The molecule has 0 aliphatic rings. The number of hydrogen-bond donors (Lipinski definition) is 1. The van der Waals surface area contributed by atoms with Gasteiger partial charge in [0.1, 0.15) is 5.52 Å². The lowest BCUT2D eigenvalue weighted by atomic mass is 10.3. The second kappa shape index (κ2) is 4.74. The van der Waals surface area contributed by atoms with Gasteiger partial charge in [0.15, 0.2) is 0 Å². The van der Waals surface area contributed by atoms with Crippen LogP contribution < -0.4 is 5.32 Å². The van der Waals surface area contributed by atoms with Crippen molar-refractivity contribution in [2.75, 3.05) is 6.54 Å². The molecule has 1 aromatic carbocycles. The summed E-state index contributed by atoms with van der Waals surface area (Å²) in [6, 6.07) is 7.84. The highest BCUT2D eigenvalue weighted by molar-refractivity contribution is 5.74. The van der Waals surface area contributed by atoms with Gasteiger partial charge in [-0.15, -0.1) is 5.10 Å². The molecule has 84 valence electrons. The van der Waals surface area contributed by atoms with Crippen LogP contribution in [-0.2, 0) is 11.3 Å². The third-order valence-corrected chi connectivity index (χ3v) is 2.34.